The summed E-state index contributed by atoms with van der Waals surface area (Å²) in [5.74, 6) is -1.17. The van der Waals surface area contributed by atoms with Gasteiger partial charge in [0.05, 0.1) is 31.9 Å². The Bertz CT molecular complexity index is 1560. The van der Waals surface area contributed by atoms with Crippen molar-refractivity contribution in [2.75, 3.05) is 9.91 Å². The Morgan fingerprint density at radius 2 is 1.89 bits per heavy atom. The Labute approximate surface area is 212 Å². The number of rotatable bonds is 6. The third kappa shape index (κ3) is 4.51. The predicted octanol–water partition coefficient (Wildman–Crippen LogP) is 4.91. The first-order valence-electron chi connectivity index (χ1n) is 10.8. The second-order valence-corrected chi connectivity index (χ2v) is 10.0. The van der Waals surface area contributed by atoms with Crippen LogP contribution in [0.3, 0.4) is 0 Å². The fourth-order valence-electron chi connectivity index (χ4n) is 3.69. The summed E-state index contributed by atoms with van der Waals surface area (Å²) < 4.78 is 0.867. The summed E-state index contributed by atoms with van der Waals surface area (Å²) in [6.45, 7) is 1.95. The number of hydrogen-bond donors (Lipinski definition) is 0. The number of thiophene rings is 1. The highest BCUT2D eigenvalue weighted by Crippen LogP contribution is 2.32. The van der Waals surface area contributed by atoms with Crippen molar-refractivity contribution in [1.82, 2.24) is 4.98 Å². The average molecular weight is 520 g/mol. The highest BCUT2D eigenvalue weighted by Gasteiger charge is 2.31. The number of imide groups is 1. The van der Waals surface area contributed by atoms with Crippen LogP contribution in [-0.4, -0.2) is 33.8 Å². The zero-order valence-electron chi connectivity index (χ0n) is 18.8. The highest BCUT2D eigenvalue weighted by atomic mass is 32.1. The van der Waals surface area contributed by atoms with Crippen molar-refractivity contribution in [3.63, 3.8) is 0 Å². The van der Waals surface area contributed by atoms with Gasteiger partial charge in [0.15, 0.2) is 0 Å². The van der Waals surface area contributed by atoms with E-state index in [1.165, 1.54) is 29.7 Å². The molecule has 0 radical (unpaired) electrons. The molecule has 2 aromatic heterocycles. The molecule has 0 aliphatic carbocycles. The summed E-state index contributed by atoms with van der Waals surface area (Å²) in [6.07, 6.45) is 1.63. The van der Waals surface area contributed by atoms with Crippen molar-refractivity contribution in [2.24, 2.45) is 5.10 Å². The van der Waals surface area contributed by atoms with E-state index in [0.717, 1.165) is 31.5 Å². The Morgan fingerprint density at radius 3 is 2.61 bits per heavy atom. The van der Waals surface area contributed by atoms with Gasteiger partial charge in [-0.05, 0) is 48.9 Å². The normalized spacial score (nSPS) is 13.8. The van der Waals surface area contributed by atoms with Gasteiger partial charge in [-0.25, -0.2) is 4.98 Å². The lowest BCUT2D eigenvalue weighted by Gasteiger charge is -2.17. The van der Waals surface area contributed by atoms with Crippen molar-refractivity contribution < 1.29 is 19.3 Å². The van der Waals surface area contributed by atoms with Crippen LogP contribution in [0, 0.1) is 17.0 Å². The minimum Gasteiger partial charge on any atom is -0.274 e. The van der Waals surface area contributed by atoms with E-state index in [4.69, 9.17) is 0 Å². The molecule has 0 atom stereocenters. The molecular formula is C24H17N5O5S2. The van der Waals surface area contributed by atoms with Crippen LogP contribution in [-0.2, 0) is 9.59 Å². The van der Waals surface area contributed by atoms with Crippen LogP contribution in [0.4, 0.5) is 15.8 Å². The van der Waals surface area contributed by atoms with Gasteiger partial charge in [0.2, 0.25) is 16.9 Å². The van der Waals surface area contributed by atoms with Gasteiger partial charge in [0, 0.05) is 24.5 Å². The molecule has 0 spiro atoms. The second kappa shape index (κ2) is 9.40. The fraction of sp³-hybridized carbons (Fsp3) is 0.125. The van der Waals surface area contributed by atoms with E-state index in [9.17, 15) is 24.5 Å². The summed E-state index contributed by atoms with van der Waals surface area (Å²) in [5.41, 5.74) is 2.25. The smallest absolute Gasteiger partial charge is 0.274 e. The number of nitro groups is 1. The van der Waals surface area contributed by atoms with Crippen LogP contribution in [0.1, 0.15) is 33.6 Å². The Kier molecular flexibility index (Phi) is 6.12. The van der Waals surface area contributed by atoms with Gasteiger partial charge in [-0.3, -0.25) is 29.4 Å². The van der Waals surface area contributed by atoms with Gasteiger partial charge < -0.3 is 0 Å². The van der Waals surface area contributed by atoms with Crippen LogP contribution in [0.5, 0.6) is 0 Å². The summed E-state index contributed by atoms with van der Waals surface area (Å²) in [7, 11) is 0. The van der Waals surface area contributed by atoms with E-state index in [-0.39, 0.29) is 35.2 Å². The van der Waals surface area contributed by atoms with E-state index in [2.05, 4.69) is 10.1 Å². The molecule has 0 bridgehead atoms. The topological polar surface area (TPSA) is 126 Å². The number of aryl methyl sites for hydroxylation is 1. The van der Waals surface area contributed by atoms with Crippen LogP contribution >= 0.6 is 22.7 Å². The fourth-order valence-corrected chi connectivity index (χ4v) is 5.40. The number of thiazole rings is 1. The lowest BCUT2D eigenvalue weighted by atomic mass is 10.1. The standard InChI is InChI=1S/C24H17N5O5S2/c1-14-5-7-18-19(11-14)36-24(26-18)28(25-13-17-6-10-22(35-17)29(33)34)23(32)15-3-2-4-16(12-15)27-20(30)8-9-21(27)31/h2-7,10-13H,8-9H2,1H3/b25-13+. The quantitative estimate of drug-likeness (QED) is 0.154. The van der Waals surface area contributed by atoms with Gasteiger partial charge in [0.25, 0.3) is 5.91 Å². The molecule has 1 aliphatic rings. The van der Waals surface area contributed by atoms with Crippen LogP contribution in [0.15, 0.2) is 59.7 Å². The number of amides is 3. The molecule has 1 aliphatic heterocycles. The third-order valence-electron chi connectivity index (χ3n) is 5.40. The molecule has 0 N–H and O–H groups in total. The number of benzene rings is 2. The lowest BCUT2D eigenvalue weighted by Crippen LogP contribution is -2.29. The lowest BCUT2D eigenvalue weighted by molar-refractivity contribution is -0.380. The monoisotopic (exact) mass is 519 g/mol. The Balaban J connectivity index is 1.54. The van der Waals surface area contributed by atoms with Gasteiger partial charge in [-0.1, -0.05) is 34.8 Å². The molecule has 3 amide bonds. The van der Waals surface area contributed by atoms with Crippen LogP contribution < -0.4 is 9.91 Å². The zero-order valence-corrected chi connectivity index (χ0v) is 20.4. The molecule has 36 heavy (non-hydrogen) atoms. The minimum absolute atomic E-state index is 0.0440. The van der Waals surface area contributed by atoms with Crippen molar-refractivity contribution in [2.45, 2.75) is 19.8 Å². The number of carbonyl (C=O) groups excluding carboxylic acids is 3. The Morgan fingerprint density at radius 1 is 1.11 bits per heavy atom. The minimum atomic E-state index is -0.533. The maximum absolute atomic E-state index is 13.6. The summed E-state index contributed by atoms with van der Waals surface area (Å²) in [5, 5.41) is 16.7. The SMILES string of the molecule is Cc1ccc2nc(N(/N=C/c3ccc([N+](=O)[O-])s3)C(=O)c3cccc(N4C(=O)CCC4=O)c3)sc2c1. The molecule has 0 unspecified atom stereocenters. The van der Waals surface area contributed by atoms with Crippen molar-refractivity contribution in [3.8, 4) is 0 Å². The van der Waals surface area contributed by atoms with Crippen LogP contribution in [0.25, 0.3) is 10.2 Å². The number of anilines is 2. The molecule has 2 aromatic carbocycles. The maximum atomic E-state index is 13.6. The number of nitrogens with zero attached hydrogens (tertiary/aromatic N) is 5. The molecule has 5 rings (SSSR count). The number of hydrazone groups is 1. The predicted molar refractivity (Wildman–Crippen MR) is 138 cm³/mol. The van der Waals surface area contributed by atoms with Gasteiger partial charge in [-0.15, -0.1) is 0 Å². The number of hydrogen-bond acceptors (Lipinski definition) is 9. The van der Waals surface area contributed by atoms with Crippen LogP contribution in [0.2, 0.25) is 0 Å². The number of aromatic nitrogens is 1. The number of carbonyl (C=O) groups is 3. The molecule has 4 aromatic rings. The summed E-state index contributed by atoms with van der Waals surface area (Å²) in [4.78, 5) is 54.7. The first-order chi connectivity index (χ1) is 17.3. The molecule has 180 valence electrons. The average Bonchev–Trinajstić information content (AvgIpc) is 3.57. The van der Waals surface area contributed by atoms with Gasteiger partial charge in [-0.2, -0.15) is 10.1 Å². The van der Waals surface area contributed by atoms with Crippen molar-refractivity contribution >= 4 is 72.6 Å². The molecule has 0 saturated carbocycles. The first kappa shape index (κ1) is 23.5. The summed E-state index contributed by atoms with van der Waals surface area (Å²) in [6, 6.07) is 14.9. The van der Waals surface area contributed by atoms with Gasteiger partial charge in [0.1, 0.15) is 0 Å². The molecular weight excluding hydrogens is 502 g/mol. The largest absolute Gasteiger partial charge is 0.324 e. The number of fused-ring (bicyclic) bond motifs is 1. The van der Waals surface area contributed by atoms with Gasteiger partial charge >= 0.3 is 5.00 Å². The van der Waals surface area contributed by atoms with E-state index in [0.29, 0.717) is 21.2 Å². The third-order valence-corrected chi connectivity index (χ3v) is 7.37. The van der Waals surface area contributed by atoms with Crippen molar-refractivity contribution in [1.29, 1.82) is 0 Å². The zero-order chi connectivity index (χ0) is 25.4. The summed E-state index contributed by atoms with van der Waals surface area (Å²) >= 11 is 2.20. The molecule has 10 nitrogen and oxygen atoms in total. The van der Waals surface area contributed by atoms with E-state index >= 15 is 0 Å². The van der Waals surface area contributed by atoms with E-state index < -0.39 is 10.8 Å². The van der Waals surface area contributed by atoms with Crippen molar-refractivity contribution in [3.05, 3.63) is 80.7 Å². The molecule has 3 heterocycles. The molecule has 12 heteroatoms. The first-order valence-corrected chi connectivity index (χ1v) is 12.4. The molecule has 1 fully saturated rings. The Hall–Kier alpha value is -4.29. The van der Waals surface area contributed by atoms with E-state index in [1.807, 2.05) is 25.1 Å². The highest BCUT2D eigenvalue weighted by molar-refractivity contribution is 7.22. The van der Waals surface area contributed by atoms with E-state index in [1.54, 1.807) is 24.3 Å². The molecule has 1 saturated heterocycles. The second-order valence-electron chi connectivity index (χ2n) is 7.94. The maximum Gasteiger partial charge on any atom is 0.324 e.